The molecule has 1 aromatic carbocycles. The first kappa shape index (κ1) is 13.3. The van der Waals surface area contributed by atoms with Crippen LogP contribution in [0.15, 0.2) is 18.2 Å². The molecule has 0 heterocycles. The topological polar surface area (TPSA) is 17.1 Å². The fourth-order valence-electron chi connectivity index (χ4n) is 3.21. The van der Waals surface area contributed by atoms with Crippen molar-refractivity contribution in [2.24, 2.45) is 0 Å². The van der Waals surface area contributed by atoms with Gasteiger partial charge in [-0.25, -0.2) is 0 Å². The van der Waals surface area contributed by atoms with E-state index in [1.165, 1.54) is 11.1 Å². The molecule has 1 aliphatic rings. The number of fused-ring (bicyclic) bond motifs is 1. The molecule has 0 spiro atoms. The van der Waals surface area contributed by atoms with Crippen molar-refractivity contribution in [3.05, 3.63) is 34.9 Å². The van der Waals surface area contributed by atoms with E-state index in [1.807, 2.05) is 0 Å². The Morgan fingerprint density at radius 3 is 2.44 bits per heavy atom. The monoisotopic (exact) mass is 244 g/mol. The van der Waals surface area contributed by atoms with Gasteiger partial charge in [0.2, 0.25) is 0 Å². The molecule has 1 nitrogen and oxygen atoms in total. The van der Waals surface area contributed by atoms with Crippen LogP contribution in [0, 0.1) is 0 Å². The van der Waals surface area contributed by atoms with Crippen LogP contribution in [0.3, 0.4) is 0 Å². The fraction of sp³-hybridized carbons (Fsp3) is 0.588. The van der Waals surface area contributed by atoms with Gasteiger partial charge >= 0.3 is 0 Å². The van der Waals surface area contributed by atoms with Crippen molar-refractivity contribution in [3.8, 4) is 0 Å². The first-order valence-electron chi connectivity index (χ1n) is 7.21. The van der Waals surface area contributed by atoms with Gasteiger partial charge in [0.05, 0.1) is 0 Å². The molecule has 2 rings (SSSR count). The van der Waals surface area contributed by atoms with Crippen molar-refractivity contribution in [1.29, 1.82) is 0 Å². The number of hydrogen-bond donors (Lipinski definition) is 0. The van der Waals surface area contributed by atoms with Gasteiger partial charge in [0.25, 0.3) is 0 Å². The zero-order valence-corrected chi connectivity index (χ0v) is 12.0. The summed E-state index contributed by atoms with van der Waals surface area (Å²) < 4.78 is 0. The molecule has 0 aliphatic heterocycles. The maximum atomic E-state index is 12.1. The summed E-state index contributed by atoms with van der Waals surface area (Å²) in [5, 5.41) is 0. The number of rotatable bonds is 3. The summed E-state index contributed by atoms with van der Waals surface area (Å²) in [5.41, 5.74) is 3.88. The molecule has 0 radical (unpaired) electrons. The van der Waals surface area contributed by atoms with E-state index >= 15 is 0 Å². The lowest BCUT2D eigenvalue weighted by Gasteiger charge is -2.38. The van der Waals surface area contributed by atoms with Crippen LogP contribution in [0.25, 0.3) is 0 Å². The molecule has 1 aromatic rings. The van der Waals surface area contributed by atoms with Crippen molar-refractivity contribution in [2.75, 3.05) is 0 Å². The second-order valence-corrected chi connectivity index (χ2v) is 5.87. The Morgan fingerprint density at radius 1 is 1.22 bits per heavy atom. The predicted molar refractivity (Wildman–Crippen MR) is 76.4 cm³/mol. The molecule has 0 amide bonds. The lowest BCUT2D eigenvalue weighted by molar-refractivity contribution is 0.0948. The van der Waals surface area contributed by atoms with E-state index in [4.69, 9.17) is 0 Å². The molecule has 0 fully saturated rings. The third-order valence-corrected chi connectivity index (χ3v) is 4.77. The zero-order chi connectivity index (χ0) is 13.3. The molecule has 0 N–H and O–H groups in total. The number of carbonyl (C=O) groups excluding carboxylic acids is 1. The minimum absolute atomic E-state index is 0.230. The van der Waals surface area contributed by atoms with Crippen molar-refractivity contribution in [1.82, 2.24) is 0 Å². The Kier molecular flexibility index (Phi) is 3.61. The van der Waals surface area contributed by atoms with E-state index in [2.05, 4.69) is 45.9 Å². The molecule has 0 atom stereocenters. The maximum Gasteiger partial charge on any atom is 0.163 e. The summed E-state index contributed by atoms with van der Waals surface area (Å²) in [6.45, 7) is 8.94. The number of carbonyl (C=O) groups is 1. The lowest BCUT2D eigenvalue weighted by atomic mass is 9.66. The molecular formula is C17H24O. The summed E-state index contributed by atoms with van der Waals surface area (Å²) in [6.07, 6.45) is 4.00. The molecule has 1 aliphatic carbocycles. The molecule has 98 valence electrons. The molecule has 0 bridgehead atoms. The van der Waals surface area contributed by atoms with Crippen LogP contribution in [-0.2, 0) is 5.41 Å². The first-order chi connectivity index (χ1) is 8.54. The summed E-state index contributed by atoms with van der Waals surface area (Å²) in [6, 6.07) is 6.49. The van der Waals surface area contributed by atoms with Crippen molar-refractivity contribution < 1.29 is 4.79 Å². The minimum Gasteiger partial charge on any atom is -0.294 e. The minimum atomic E-state index is 0.230. The van der Waals surface area contributed by atoms with E-state index in [0.29, 0.717) is 11.7 Å². The van der Waals surface area contributed by atoms with Gasteiger partial charge in [0, 0.05) is 12.0 Å². The molecule has 0 saturated carbocycles. The van der Waals surface area contributed by atoms with Crippen LogP contribution in [0.2, 0.25) is 0 Å². The molecular weight excluding hydrogens is 220 g/mol. The Hall–Kier alpha value is -1.11. The van der Waals surface area contributed by atoms with Crippen LogP contribution in [0.4, 0.5) is 0 Å². The molecule has 1 heteroatoms. The smallest absolute Gasteiger partial charge is 0.163 e. The quantitative estimate of drug-likeness (QED) is 0.743. The standard InChI is InChI=1S/C17H24O/c1-5-17(6-2)10-9-16(18)14-8-7-13(12(3)4)11-15(14)17/h7-8,11-12H,5-6,9-10H2,1-4H3. The highest BCUT2D eigenvalue weighted by Crippen LogP contribution is 2.43. The highest BCUT2D eigenvalue weighted by atomic mass is 16.1. The molecule has 0 saturated heterocycles. The Balaban J connectivity index is 2.60. The van der Waals surface area contributed by atoms with Crippen LogP contribution < -0.4 is 0 Å². The second kappa shape index (κ2) is 4.87. The van der Waals surface area contributed by atoms with Gasteiger partial charge in [-0.1, -0.05) is 45.9 Å². The summed E-state index contributed by atoms with van der Waals surface area (Å²) in [5.74, 6) is 0.858. The summed E-state index contributed by atoms with van der Waals surface area (Å²) in [7, 11) is 0. The SMILES string of the molecule is CCC1(CC)CCC(=O)c2ccc(C(C)C)cc21. The van der Waals surface area contributed by atoms with Crippen molar-refractivity contribution >= 4 is 5.78 Å². The fourth-order valence-corrected chi connectivity index (χ4v) is 3.21. The summed E-state index contributed by atoms with van der Waals surface area (Å²) in [4.78, 5) is 12.1. The highest BCUT2D eigenvalue weighted by molar-refractivity contribution is 5.99. The lowest BCUT2D eigenvalue weighted by Crippen LogP contribution is -2.32. The Labute approximate surface area is 111 Å². The van der Waals surface area contributed by atoms with Gasteiger partial charge in [-0.15, -0.1) is 0 Å². The average Bonchev–Trinajstić information content (AvgIpc) is 2.39. The van der Waals surface area contributed by atoms with Crippen LogP contribution in [-0.4, -0.2) is 5.78 Å². The average molecular weight is 244 g/mol. The zero-order valence-electron chi connectivity index (χ0n) is 12.0. The van der Waals surface area contributed by atoms with Gasteiger partial charge in [-0.2, -0.15) is 0 Å². The van der Waals surface area contributed by atoms with E-state index in [-0.39, 0.29) is 5.41 Å². The van der Waals surface area contributed by atoms with Gasteiger partial charge < -0.3 is 0 Å². The van der Waals surface area contributed by atoms with E-state index < -0.39 is 0 Å². The molecule has 18 heavy (non-hydrogen) atoms. The third-order valence-electron chi connectivity index (χ3n) is 4.77. The van der Waals surface area contributed by atoms with Gasteiger partial charge in [0.15, 0.2) is 5.78 Å². The third kappa shape index (κ3) is 2.00. The second-order valence-electron chi connectivity index (χ2n) is 5.87. The van der Waals surface area contributed by atoms with E-state index in [9.17, 15) is 4.79 Å². The normalized spacial score (nSPS) is 17.9. The number of benzene rings is 1. The van der Waals surface area contributed by atoms with Gasteiger partial charge in [-0.05, 0) is 41.7 Å². The predicted octanol–water partition coefficient (Wildman–Crippen LogP) is 4.84. The highest BCUT2D eigenvalue weighted by Gasteiger charge is 2.36. The van der Waals surface area contributed by atoms with Crippen LogP contribution >= 0.6 is 0 Å². The van der Waals surface area contributed by atoms with Gasteiger partial charge in [-0.3, -0.25) is 4.79 Å². The summed E-state index contributed by atoms with van der Waals surface area (Å²) >= 11 is 0. The van der Waals surface area contributed by atoms with Gasteiger partial charge in [0.1, 0.15) is 0 Å². The van der Waals surface area contributed by atoms with Crippen molar-refractivity contribution in [3.63, 3.8) is 0 Å². The Bertz CT molecular complexity index is 453. The maximum absolute atomic E-state index is 12.1. The largest absolute Gasteiger partial charge is 0.294 e. The number of ketones is 1. The number of hydrogen-bond acceptors (Lipinski definition) is 1. The van der Waals surface area contributed by atoms with Crippen LogP contribution in [0.5, 0.6) is 0 Å². The number of Topliss-reactive ketones (excluding diaryl/α,β-unsaturated/α-hetero) is 1. The van der Waals surface area contributed by atoms with E-state index in [0.717, 1.165) is 31.2 Å². The van der Waals surface area contributed by atoms with Crippen molar-refractivity contribution in [2.45, 2.75) is 64.7 Å². The van der Waals surface area contributed by atoms with E-state index in [1.54, 1.807) is 0 Å². The Morgan fingerprint density at radius 2 is 1.89 bits per heavy atom. The molecule has 0 aromatic heterocycles. The van der Waals surface area contributed by atoms with Crippen LogP contribution in [0.1, 0.15) is 80.8 Å². The first-order valence-corrected chi connectivity index (χ1v) is 7.21. The molecule has 0 unspecified atom stereocenters.